The summed E-state index contributed by atoms with van der Waals surface area (Å²) in [5.74, 6) is 0. The molecule has 0 bridgehead atoms. The van der Waals surface area contributed by atoms with Gasteiger partial charge in [-0.15, -0.1) is 0 Å². The SMILES string of the molecule is CN=C/C(=C\N)c1cc2c(cc1CO)N(c1cccc3[nH]c(=O)c(C)cc13)CCN2C. The molecule has 0 unspecified atom stereocenters. The first-order chi connectivity index (χ1) is 15.0. The number of aromatic amines is 1. The Bertz CT molecular complexity index is 1260. The predicted octanol–water partition coefficient (Wildman–Crippen LogP) is 2.92. The molecule has 2 aromatic carbocycles. The third-order valence-electron chi connectivity index (χ3n) is 5.83. The van der Waals surface area contributed by atoms with Crippen LogP contribution in [0.3, 0.4) is 0 Å². The van der Waals surface area contributed by atoms with Crippen molar-refractivity contribution in [3.63, 3.8) is 0 Å². The Labute approximate surface area is 181 Å². The lowest BCUT2D eigenvalue weighted by Gasteiger charge is -2.38. The third kappa shape index (κ3) is 3.57. The van der Waals surface area contributed by atoms with Gasteiger partial charge >= 0.3 is 0 Å². The van der Waals surface area contributed by atoms with E-state index in [9.17, 15) is 9.90 Å². The molecule has 0 saturated carbocycles. The number of hydrogen-bond acceptors (Lipinski definition) is 6. The standard InChI is InChI=1S/C24H27N5O2/c1-15-9-19-20(27-24(15)31)5-4-6-21(19)29-8-7-28(3)22-11-18(17(12-25)13-26-2)16(14-30)10-23(22)29/h4-6,9-13,30H,7-8,14,25H2,1-3H3,(H,27,31)/b17-12+,26-13?. The summed E-state index contributed by atoms with van der Waals surface area (Å²) in [5.41, 5.74) is 12.7. The molecule has 4 rings (SSSR count). The molecule has 0 radical (unpaired) electrons. The van der Waals surface area contributed by atoms with Crippen molar-refractivity contribution in [3.8, 4) is 0 Å². The number of aliphatic imine (C=N–C) groups is 1. The van der Waals surface area contributed by atoms with Crippen LogP contribution in [0.15, 0.2) is 52.4 Å². The van der Waals surface area contributed by atoms with Gasteiger partial charge < -0.3 is 25.6 Å². The molecule has 4 N–H and O–H groups in total. The van der Waals surface area contributed by atoms with Gasteiger partial charge in [-0.2, -0.15) is 0 Å². The highest BCUT2D eigenvalue weighted by Gasteiger charge is 2.25. The van der Waals surface area contributed by atoms with E-state index < -0.39 is 0 Å². The second kappa shape index (κ2) is 8.28. The molecule has 0 saturated heterocycles. The molecule has 0 atom stereocenters. The van der Waals surface area contributed by atoms with Crippen molar-refractivity contribution in [2.75, 3.05) is 37.0 Å². The van der Waals surface area contributed by atoms with Gasteiger partial charge in [-0.3, -0.25) is 9.79 Å². The van der Waals surface area contributed by atoms with Gasteiger partial charge in [0.25, 0.3) is 5.56 Å². The first-order valence-corrected chi connectivity index (χ1v) is 10.2. The van der Waals surface area contributed by atoms with Crippen LogP contribution in [0.4, 0.5) is 17.1 Å². The lowest BCUT2D eigenvalue weighted by Crippen LogP contribution is -2.37. The molecule has 7 nitrogen and oxygen atoms in total. The molecule has 3 aromatic rings. The van der Waals surface area contributed by atoms with Gasteiger partial charge in [0.05, 0.1) is 29.2 Å². The summed E-state index contributed by atoms with van der Waals surface area (Å²) in [5, 5.41) is 11.1. The normalized spacial score (nSPS) is 14.5. The Morgan fingerprint density at radius 3 is 2.74 bits per heavy atom. The highest BCUT2D eigenvalue weighted by atomic mass is 16.3. The van der Waals surface area contributed by atoms with Crippen molar-refractivity contribution in [1.82, 2.24) is 4.98 Å². The molecule has 0 amide bonds. The van der Waals surface area contributed by atoms with Crippen LogP contribution < -0.4 is 21.1 Å². The van der Waals surface area contributed by atoms with Gasteiger partial charge in [0.2, 0.25) is 0 Å². The quantitative estimate of drug-likeness (QED) is 0.567. The number of nitrogens with two attached hydrogens (primary N) is 1. The fraction of sp³-hybridized carbons (Fsp3) is 0.250. The van der Waals surface area contributed by atoms with Crippen LogP contribution in [-0.4, -0.2) is 43.5 Å². The largest absolute Gasteiger partial charge is 0.404 e. The average Bonchev–Trinajstić information content (AvgIpc) is 2.78. The van der Waals surface area contributed by atoms with Crippen LogP contribution in [0.25, 0.3) is 16.5 Å². The summed E-state index contributed by atoms with van der Waals surface area (Å²) in [6, 6.07) is 12.0. The van der Waals surface area contributed by atoms with Crippen LogP contribution in [0, 0.1) is 6.92 Å². The van der Waals surface area contributed by atoms with Crippen LogP contribution in [0.2, 0.25) is 0 Å². The van der Waals surface area contributed by atoms with Gasteiger partial charge in [0, 0.05) is 56.1 Å². The zero-order chi connectivity index (χ0) is 22.1. The maximum atomic E-state index is 12.1. The van der Waals surface area contributed by atoms with Gasteiger partial charge in [-0.1, -0.05) is 6.07 Å². The molecule has 160 valence electrons. The molecule has 0 aliphatic carbocycles. The van der Waals surface area contributed by atoms with Crippen LogP contribution in [0.5, 0.6) is 0 Å². The average molecular weight is 418 g/mol. The van der Waals surface area contributed by atoms with Gasteiger partial charge in [-0.25, -0.2) is 0 Å². The van der Waals surface area contributed by atoms with Crippen LogP contribution in [-0.2, 0) is 6.61 Å². The number of fused-ring (bicyclic) bond motifs is 2. The Morgan fingerprint density at radius 1 is 1.23 bits per heavy atom. The lowest BCUT2D eigenvalue weighted by molar-refractivity contribution is 0.281. The van der Waals surface area contributed by atoms with Crippen molar-refractivity contribution >= 4 is 39.8 Å². The van der Waals surface area contributed by atoms with Crippen molar-refractivity contribution in [2.24, 2.45) is 10.7 Å². The molecular formula is C24H27N5O2. The number of aliphatic hydroxyl groups is 1. The topological polar surface area (TPSA) is 98.0 Å². The molecule has 7 heteroatoms. The molecule has 2 heterocycles. The van der Waals surface area contributed by atoms with Crippen molar-refractivity contribution in [3.05, 3.63) is 69.6 Å². The number of anilines is 3. The summed E-state index contributed by atoms with van der Waals surface area (Å²) in [7, 11) is 3.75. The molecular weight excluding hydrogens is 390 g/mol. The molecule has 31 heavy (non-hydrogen) atoms. The Balaban J connectivity index is 1.94. The van der Waals surface area contributed by atoms with E-state index in [0.29, 0.717) is 5.56 Å². The number of H-pyrrole nitrogens is 1. The first kappa shape index (κ1) is 20.7. The zero-order valence-electron chi connectivity index (χ0n) is 18.0. The predicted molar refractivity (Wildman–Crippen MR) is 129 cm³/mol. The lowest BCUT2D eigenvalue weighted by atomic mass is 9.97. The van der Waals surface area contributed by atoms with Gasteiger partial charge in [-0.05, 0) is 48.4 Å². The van der Waals surface area contributed by atoms with E-state index >= 15 is 0 Å². The van der Waals surface area contributed by atoms with E-state index in [1.165, 1.54) is 6.20 Å². The second-order valence-corrected chi connectivity index (χ2v) is 7.76. The molecule has 1 aliphatic rings. The summed E-state index contributed by atoms with van der Waals surface area (Å²) < 4.78 is 0. The fourth-order valence-corrected chi connectivity index (χ4v) is 4.18. The minimum absolute atomic E-state index is 0.0747. The maximum Gasteiger partial charge on any atom is 0.251 e. The summed E-state index contributed by atoms with van der Waals surface area (Å²) in [6.07, 6.45) is 3.21. The van der Waals surface area contributed by atoms with Crippen molar-refractivity contribution in [2.45, 2.75) is 13.5 Å². The molecule has 1 aliphatic heterocycles. The maximum absolute atomic E-state index is 12.1. The first-order valence-electron chi connectivity index (χ1n) is 10.2. The monoisotopic (exact) mass is 417 g/mol. The van der Waals surface area contributed by atoms with Crippen LogP contribution >= 0.6 is 0 Å². The number of rotatable bonds is 4. The van der Waals surface area contributed by atoms with E-state index in [0.717, 1.165) is 57.8 Å². The number of aliphatic hydroxyl groups excluding tert-OH is 1. The number of hydrogen-bond donors (Lipinski definition) is 3. The number of nitrogens with zero attached hydrogens (tertiary/aromatic N) is 3. The number of aryl methyl sites for hydroxylation is 1. The summed E-state index contributed by atoms with van der Waals surface area (Å²) in [4.78, 5) is 23.6. The number of aromatic nitrogens is 1. The van der Waals surface area contributed by atoms with Crippen molar-refractivity contribution in [1.29, 1.82) is 0 Å². The third-order valence-corrected chi connectivity index (χ3v) is 5.83. The van der Waals surface area contributed by atoms with E-state index in [1.807, 2.05) is 31.2 Å². The number of benzene rings is 2. The Morgan fingerprint density at radius 2 is 2.03 bits per heavy atom. The van der Waals surface area contributed by atoms with E-state index in [1.54, 1.807) is 13.3 Å². The highest BCUT2D eigenvalue weighted by molar-refractivity contribution is 6.11. The number of nitrogens with one attached hydrogen (secondary N) is 1. The second-order valence-electron chi connectivity index (χ2n) is 7.76. The number of likely N-dealkylation sites (N-methyl/N-ethyl adjacent to an activating group) is 1. The number of pyridine rings is 1. The molecule has 0 fully saturated rings. The molecule has 0 spiro atoms. The van der Waals surface area contributed by atoms with Gasteiger partial charge in [0.15, 0.2) is 0 Å². The Kier molecular flexibility index (Phi) is 5.52. The minimum Gasteiger partial charge on any atom is -0.404 e. The fourth-order valence-electron chi connectivity index (χ4n) is 4.18. The van der Waals surface area contributed by atoms with E-state index in [4.69, 9.17) is 5.73 Å². The summed E-state index contributed by atoms with van der Waals surface area (Å²) in [6.45, 7) is 3.31. The van der Waals surface area contributed by atoms with Crippen LogP contribution in [0.1, 0.15) is 16.7 Å². The molecule has 1 aromatic heterocycles. The van der Waals surface area contributed by atoms with Crippen molar-refractivity contribution < 1.29 is 5.11 Å². The highest BCUT2D eigenvalue weighted by Crippen LogP contribution is 2.42. The Hall–Kier alpha value is -3.58. The van der Waals surface area contributed by atoms with E-state index in [-0.39, 0.29) is 12.2 Å². The summed E-state index contributed by atoms with van der Waals surface area (Å²) >= 11 is 0. The smallest absolute Gasteiger partial charge is 0.251 e. The van der Waals surface area contributed by atoms with Gasteiger partial charge in [0.1, 0.15) is 0 Å². The zero-order valence-corrected chi connectivity index (χ0v) is 18.0. The van der Waals surface area contributed by atoms with E-state index in [2.05, 4.69) is 39.0 Å². The number of allylic oxidation sites excluding steroid dienone is 1. The minimum atomic E-state index is -0.114.